The van der Waals surface area contributed by atoms with Crippen LogP contribution in [0.3, 0.4) is 0 Å². The molecule has 0 aromatic carbocycles. The summed E-state index contributed by atoms with van der Waals surface area (Å²) in [6, 6.07) is -1.01. The minimum absolute atomic E-state index is 0.350. The third-order valence-electron chi connectivity index (χ3n) is 11.7. The highest BCUT2D eigenvalue weighted by atomic mass is 16.3. The summed E-state index contributed by atoms with van der Waals surface area (Å²) in [6.45, 7) is 4.03. The van der Waals surface area contributed by atoms with Gasteiger partial charge in [-0.2, -0.15) is 0 Å². The van der Waals surface area contributed by atoms with Crippen LogP contribution in [-0.2, 0) is 4.79 Å². The maximum Gasteiger partial charge on any atom is 0.249 e. The van der Waals surface area contributed by atoms with E-state index in [4.69, 9.17) is 0 Å². The lowest BCUT2D eigenvalue weighted by Crippen LogP contribution is -2.53. The molecule has 0 radical (unpaired) electrons. The molecule has 0 bridgehead atoms. The molecule has 346 valence electrons. The van der Waals surface area contributed by atoms with Gasteiger partial charge in [-0.15, -0.1) is 0 Å². The summed E-state index contributed by atoms with van der Waals surface area (Å²) >= 11 is 0. The summed E-state index contributed by atoms with van der Waals surface area (Å²) in [7, 11) is 0. The van der Waals surface area contributed by atoms with E-state index in [9.17, 15) is 25.2 Å². The molecule has 0 rings (SSSR count). The fourth-order valence-electron chi connectivity index (χ4n) is 7.67. The molecule has 4 unspecified atom stereocenters. The third kappa shape index (κ3) is 41.4. The predicted octanol–water partition coefficient (Wildman–Crippen LogP) is 14.2. The van der Waals surface area contributed by atoms with Gasteiger partial charge in [-0.1, -0.05) is 210 Å². The Kier molecular flexibility index (Phi) is 45.9. The molecule has 6 heteroatoms. The Morgan fingerprint density at radius 3 is 1.08 bits per heavy atom. The molecule has 0 aromatic heterocycles. The van der Waals surface area contributed by atoms with Crippen LogP contribution in [0, 0.1) is 0 Å². The maximum atomic E-state index is 12.5. The van der Waals surface area contributed by atoms with E-state index in [1.807, 2.05) is 0 Å². The smallest absolute Gasteiger partial charge is 0.249 e. The van der Waals surface area contributed by atoms with Gasteiger partial charge >= 0.3 is 0 Å². The van der Waals surface area contributed by atoms with E-state index in [-0.39, 0.29) is 0 Å². The number of hydrogen-bond acceptors (Lipinski definition) is 5. The van der Waals surface area contributed by atoms with Gasteiger partial charge in [0.15, 0.2) is 0 Å². The van der Waals surface area contributed by atoms with Crippen molar-refractivity contribution in [2.45, 2.75) is 276 Å². The van der Waals surface area contributed by atoms with Gasteiger partial charge in [0, 0.05) is 0 Å². The summed E-state index contributed by atoms with van der Waals surface area (Å²) in [4.78, 5) is 12.5. The van der Waals surface area contributed by atoms with Gasteiger partial charge in [0.1, 0.15) is 12.2 Å². The molecule has 6 nitrogen and oxygen atoms in total. The highest BCUT2D eigenvalue weighted by molar-refractivity contribution is 5.80. The van der Waals surface area contributed by atoms with Crippen molar-refractivity contribution in [3.05, 3.63) is 48.6 Å². The first kappa shape index (κ1) is 57.3. The molecular formula is C53H99NO5. The first-order chi connectivity index (χ1) is 29.0. The summed E-state index contributed by atoms with van der Waals surface area (Å²) in [5.41, 5.74) is 0. The van der Waals surface area contributed by atoms with Gasteiger partial charge < -0.3 is 25.7 Å². The van der Waals surface area contributed by atoms with Crippen LogP contribution >= 0.6 is 0 Å². The number of aliphatic hydroxyl groups excluding tert-OH is 4. The summed E-state index contributed by atoms with van der Waals surface area (Å²) < 4.78 is 0. The van der Waals surface area contributed by atoms with Crippen LogP contribution in [-0.4, -0.2) is 57.3 Å². The van der Waals surface area contributed by atoms with Crippen LogP contribution in [0.2, 0.25) is 0 Å². The molecule has 59 heavy (non-hydrogen) atoms. The van der Waals surface area contributed by atoms with Crippen molar-refractivity contribution in [1.82, 2.24) is 5.32 Å². The molecule has 0 fully saturated rings. The third-order valence-corrected chi connectivity index (χ3v) is 11.7. The van der Waals surface area contributed by atoms with E-state index in [1.165, 1.54) is 154 Å². The molecule has 0 saturated heterocycles. The van der Waals surface area contributed by atoms with Crippen LogP contribution in [0.15, 0.2) is 48.6 Å². The first-order valence-corrected chi connectivity index (χ1v) is 25.5. The normalized spacial score (nSPS) is 14.3. The number of hydrogen-bond donors (Lipinski definition) is 5. The second-order valence-electron chi connectivity index (χ2n) is 17.5. The Bertz CT molecular complexity index is 977. The van der Waals surface area contributed by atoms with Gasteiger partial charge in [-0.05, 0) is 89.9 Å². The van der Waals surface area contributed by atoms with E-state index >= 15 is 0 Å². The molecule has 0 spiro atoms. The number of rotatable bonds is 46. The van der Waals surface area contributed by atoms with E-state index in [0.29, 0.717) is 19.3 Å². The maximum absolute atomic E-state index is 12.5. The largest absolute Gasteiger partial charge is 0.394 e. The Morgan fingerprint density at radius 1 is 0.407 bits per heavy atom. The van der Waals surface area contributed by atoms with Crippen LogP contribution < -0.4 is 5.32 Å². The number of unbranched alkanes of at least 4 members (excludes halogenated alkanes) is 29. The van der Waals surface area contributed by atoms with E-state index in [2.05, 4.69) is 67.8 Å². The average Bonchev–Trinajstić information content (AvgIpc) is 3.24. The minimum atomic E-state index is -1.30. The molecule has 0 aliphatic rings. The highest BCUT2D eigenvalue weighted by Crippen LogP contribution is 2.16. The van der Waals surface area contributed by atoms with Gasteiger partial charge in [0.05, 0.1) is 18.8 Å². The minimum Gasteiger partial charge on any atom is -0.394 e. The first-order valence-electron chi connectivity index (χ1n) is 25.5. The van der Waals surface area contributed by atoms with Crippen molar-refractivity contribution >= 4 is 5.91 Å². The topological polar surface area (TPSA) is 110 Å². The van der Waals surface area contributed by atoms with Gasteiger partial charge in [0.2, 0.25) is 5.91 Å². The van der Waals surface area contributed by atoms with Crippen molar-refractivity contribution in [2.75, 3.05) is 6.61 Å². The fourth-order valence-corrected chi connectivity index (χ4v) is 7.67. The lowest BCUT2D eigenvalue weighted by Gasteiger charge is -2.27. The predicted molar refractivity (Wildman–Crippen MR) is 256 cm³/mol. The zero-order valence-corrected chi connectivity index (χ0v) is 39.0. The van der Waals surface area contributed by atoms with Gasteiger partial charge in [-0.25, -0.2) is 0 Å². The zero-order valence-electron chi connectivity index (χ0n) is 39.0. The fraction of sp³-hybridized carbons (Fsp3) is 0.830. The van der Waals surface area contributed by atoms with E-state index in [1.54, 1.807) is 0 Å². The Hall–Kier alpha value is -1.73. The molecule has 0 aliphatic carbocycles. The Labute approximate surface area is 366 Å². The van der Waals surface area contributed by atoms with Crippen molar-refractivity contribution in [3.8, 4) is 0 Å². The summed E-state index contributed by atoms with van der Waals surface area (Å²) in [5.74, 6) is -0.606. The average molecular weight is 830 g/mol. The van der Waals surface area contributed by atoms with Crippen molar-refractivity contribution in [2.24, 2.45) is 0 Å². The number of carbonyl (C=O) groups is 1. The van der Waals surface area contributed by atoms with Crippen LogP contribution in [0.1, 0.15) is 251 Å². The number of carbonyl (C=O) groups excluding carboxylic acids is 1. The number of amides is 1. The monoisotopic (exact) mass is 830 g/mol. The highest BCUT2D eigenvalue weighted by Gasteiger charge is 2.28. The standard InChI is InChI=1S/C53H99NO5/c1-3-5-7-9-11-13-15-17-19-20-21-22-23-24-25-26-27-28-29-30-31-32-33-35-36-38-40-42-44-46-50(56)52(58)49(48-55)54-53(59)51(57)47-45-43-41-39-37-34-18-16-14-12-10-8-6-4-2/h14,16,28-29,32-33,38,40,49-52,55-58H,3-13,15,17-27,30-31,34-37,39,41-48H2,1-2H3,(H,54,59)/b16-14-,29-28+,33-32+,40-38+. The quantitative estimate of drug-likeness (QED) is 0.0310. The molecular weight excluding hydrogens is 731 g/mol. The van der Waals surface area contributed by atoms with Crippen molar-refractivity contribution in [3.63, 3.8) is 0 Å². The van der Waals surface area contributed by atoms with Crippen molar-refractivity contribution in [1.29, 1.82) is 0 Å². The van der Waals surface area contributed by atoms with Crippen LogP contribution in [0.4, 0.5) is 0 Å². The molecule has 1 amide bonds. The number of aliphatic hydroxyl groups is 4. The number of nitrogens with one attached hydrogen (secondary N) is 1. The Balaban J connectivity index is 3.73. The van der Waals surface area contributed by atoms with Crippen molar-refractivity contribution < 1.29 is 25.2 Å². The molecule has 5 N–H and O–H groups in total. The second-order valence-corrected chi connectivity index (χ2v) is 17.5. The van der Waals surface area contributed by atoms with Crippen LogP contribution in [0.25, 0.3) is 0 Å². The molecule has 0 heterocycles. The second kappa shape index (κ2) is 47.3. The lowest BCUT2D eigenvalue weighted by molar-refractivity contribution is -0.132. The van der Waals surface area contributed by atoms with Gasteiger partial charge in [0.25, 0.3) is 0 Å². The summed E-state index contributed by atoms with van der Waals surface area (Å²) in [6.07, 6.45) is 58.9. The van der Waals surface area contributed by atoms with E-state index < -0.39 is 36.9 Å². The zero-order chi connectivity index (χ0) is 43.1. The Morgan fingerprint density at radius 2 is 0.712 bits per heavy atom. The van der Waals surface area contributed by atoms with Crippen LogP contribution in [0.5, 0.6) is 0 Å². The summed E-state index contributed by atoms with van der Waals surface area (Å²) in [5, 5.41) is 43.7. The SMILES string of the molecule is CCCCCC/C=C\CCCCCCCCC(O)C(=O)NC(CO)C(O)C(O)CCC/C=C/CC/C=C/CC/C=C/CCCCCCCCCCCCCCCCCC. The lowest BCUT2D eigenvalue weighted by atomic mass is 10.00. The molecule has 4 atom stereocenters. The molecule has 0 aliphatic heterocycles. The molecule has 0 saturated carbocycles. The molecule has 0 aromatic rings. The van der Waals surface area contributed by atoms with Gasteiger partial charge in [-0.3, -0.25) is 4.79 Å². The number of allylic oxidation sites excluding steroid dienone is 8. The van der Waals surface area contributed by atoms with E-state index in [0.717, 1.165) is 64.2 Å².